The van der Waals surface area contributed by atoms with Gasteiger partial charge in [0.25, 0.3) is 0 Å². The fourth-order valence-corrected chi connectivity index (χ4v) is 2.17. The van der Waals surface area contributed by atoms with E-state index in [9.17, 15) is 0 Å². The lowest BCUT2D eigenvalue weighted by Crippen LogP contribution is -2.00. The lowest BCUT2D eigenvalue weighted by Gasteiger charge is -2.10. The Morgan fingerprint density at radius 1 is 1.29 bits per heavy atom. The number of nitrogens with zero attached hydrogens (tertiary/aromatic N) is 2. The van der Waals surface area contributed by atoms with E-state index in [2.05, 4.69) is 39.1 Å². The summed E-state index contributed by atoms with van der Waals surface area (Å²) in [5.41, 5.74) is 2.13. The predicted molar refractivity (Wildman–Crippen MR) is 70.3 cm³/mol. The van der Waals surface area contributed by atoms with Crippen LogP contribution in [0, 0.1) is 0 Å². The first-order chi connectivity index (χ1) is 8.26. The Kier molecular flexibility index (Phi) is 2.74. The summed E-state index contributed by atoms with van der Waals surface area (Å²) < 4.78 is 6.67. The molecule has 0 saturated heterocycles. The zero-order valence-corrected chi connectivity index (χ0v) is 11.2. The van der Waals surface area contributed by atoms with Crippen molar-refractivity contribution in [1.29, 1.82) is 0 Å². The Bertz CT molecular complexity index is 567. The summed E-state index contributed by atoms with van der Waals surface area (Å²) in [6.45, 7) is 2.14. The number of aryl methyl sites for hydroxylation is 1. The molecule has 1 aromatic heterocycles. The van der Waals surface area contributed by atoms with Crippen molar-refractivity contribution in [2.24, 2.45) is 0 Å². The van der Waals surface area contributed by atoms with Gasteiger partial charge in [0.05, 0.1) is 11.6 Å². The summed E-state index contributed by atoms with van der Waals surface area (Å²) in [6.07, 6.45) is 3.74. The van der Waals surface area contributed by atoms with Crippen LogP contribution in [0.2, 0.25) is 0 Å². The third-order valence-electron chi connectivity index (χ3n) is 2.94. The molecule has 2 aromatic rings. The van der Waals surface area contributed by atoms with Gasteiger partial charge in [0.1, 0.15) is 10.4 Å². The van der Waals surface area contributed by atoms with Crippen molar-refractivity contribution < 1.29 is 4.74 Å². The van der Waals surface area contributed by atoms with Gasteiger partial charge < -0.3 is 4.74 Å². The van der Waals surface area contributed by atoms with Crippen LogP contribution in [0.3, 0.4) is 0 Å². The van der Waals surface area contributed by atoms with Crippen LogP contribution >= 0.6 is 15.9 Å². The number of ether oxygens (including phenoxy) is 1. The largest absolute Gasteiger partial charge is 0.490 e. The fourth-order valence-electron chi connectivity index (χ4n) is 1.85. The van der Waals surface area contributed by atoms with Gasteiger partial charge in [-0.1, -0.05) is 6.92 Å². The predicted octanol–water partition coefficient (Wildman–Crippen LogP) is 3.50. The normalized spacial score (nSPS) is 15.2. The summed E-state index contributed by atoms with van der Waals surface area (Å²) >= 11 is 3.34. The second kappa shape index (κ2) is 4.26. The van der Waals surface area contributed by atoms with Gasteiger partial charge in [-0.05, 0) is 52.9 Å². The van der Waals surface area contributed by atoms with Crippen LogP contribution < -0.4 is 4.74 Å². The molecular weight excluding hydrogens is 280 g/mol. The molecule has 0 unspecified atom stereocenters. The molecule has 88 valence electrons. The second-order valence-corrected chi connectivity index (χ2v) is 5.17. The van der Waals surface area contributed by atoms with Crippen LogP contribution in [0.15, 0.2) is 22.8 Å². The summed E-state index contributed by atoms with van der Waals surface area (Å²) in [4.78, 5) is 0. The molecule has 3 nitrogen and oxygen atoms in total. The maximum atomic E-state index is 5.91. The number of benzene rings is 1. The van der Waals surface area contributed by atoms with Crippen LogP contribution in [0.25, 0.3) is 10.9 Å². The van der Waals surface area contributed by atoms with Crippen LogP contribution in [0.1, 0.15) is 25.3 Å². The summed E-state index contributed by atoms with van der Waals surface area (Å²) in [5, 5.41) is 9.28. The number of rotatable bonds is 3. The van der Waals surface area contributed by atoms with E-state index >= 15 is 0 Å². The Balaban J connectivity index is 2.10. The Labute approximate surface area is 108 Å². The highest BCUT2D eigenvalue weighted by Crippen LogP contribution is 2.32. The SMILES string of the molecule is CCc1cc2cc(Br)nnc2cc1OC1CC1. The molecule has 0 amide bonds. The minimum absolute atomic E-state index is 0.418. The van der Waals surface area contributed by atoms with E-state index in [4.69, 9.17) is 4.74 Å². The summed E-state index contributed by atoms with van der Waals surface area (Å²) in [7, 11) is 0. The second-order valence-electron chi connectivity index (χ2n) is 4.36. The van der Waals surface area contributed by atoms with Crippen LogP contribution in [0.5, 0.6) is 5.75 Å². The van der Waals surface area contributed by atoms with Crippen molar-refractivity contribution >= 4 is 26.8 Å². The number of hydrogen-bond acceptors (Lipinski definition) is 3. The molecule has 4 heteroatoms. The number of fused-ring (bicyclic) bond motifs is 1. The number of aromatic nitrogens is 2. The average Bonchev–Trinajstić information content (AvgIpc) is 3.12. The Morgan fingerprint density at radius 2 is 2.12 bits per heavy atom. The lowest BCUT2D eigenvalue weighted by atomic mass is 10.1. The molecule has 1 fully saturated rings. The first-order valence-corrected chi connectivity index (χ1v) is 6.68. The number of halogens is 1. The van der Waals surface area contributed by atoms with Crippen molar-refractivity contribution in [1.82, 2.24) is 10.2 Å². The molecule has 3 rings (SSSR count). The van der Waals surface area contributed by atoms with Gasteiger partial charge in [0.15, 0.2) is 0 Å². The minimum atomic E-state index is 0.418. The zero-order valence-electron chi connectivity index (χ0n) is 9.61. The van der Waals surface area contributed by atoms with Gasteiger partial charge in [-0.3, -0.25) is 0 Å². The zero-order chi connectivity index (χ0) is 11.8. The Hall–Kier alpha value is -1.16. The molecule has 0 aliphatic heterocycles. The third-order valence-corrected chi connectivity index (χ3v) is 3.32. The topological polar surface area (TPSA) is 35.0 Å². The molecule has 1 aliphatic carbocycles. The van der Waals surface area contributed by atoms with E-state index in [0.29, 0.717) is 6.10 Å². The molecule has 1 aromatic carbocycles. The van der Waals surface area contributed by atoms with E-state index in [-0.39, 0.29) is 0 Å². The quantitative estimate of drug-likeness (QED) is 0.868. The molecule has 1 heterocycles. The molecule has 1 aliphatic rings. The monoisotopic (exact) mass is 292 g/mol. The lowest BCUT2D eigenvalue weighted by molar-refractivity contribution is 0.300. The molecule has 0 radical (unpaired) electrons. The van der Waals surface area contributed by atoms with Gasteiger partial charge in [-0.25, -0.2) is 0 Å². The van der Waals surface area contributed by atoms with E-state index < -0.39 is 0 Å². The molecule has 1 saturated carbocycles. The summed E-state index contributed by atoms with van der Waals surface area (Å²) in [5.74, 6) is 0.971. The highest BCUT2D eigenvalue weighted by molar-refractivity contribution is 9.10. The maximum Gasteiger partial charge on any atom is 0.129 e. The first-order valence-electron chi connectivity index (χ1n) is 5.89. The van der Waals surface area contributed by atoms with Crippen molar-refractivity contribution in [2.75, 3.05) is 0 Å². The molecular formula is C13H13BrN2O. The van der Waals surface area contributed by atoms with Crippen molar-refractivity contribution in [3.05, 3.63) is 28.4 Å². The number of hydrogen-bond donors (Lipinski definition) is 0. The maximum absolute atomic E-state index is 5.91. The van der Waals surface area contributed by atoms with Crippen LogP contribution in [-0.2, 0) is 6.42 Å². The highest BCUT2D eigenvalue weighted by atomic mass is 79.9. The van der Waals surface area contributed by atoms with Gasteiger partial charge in [-0.15, -0.1) is 10.2 Å². The third kappa shape index (κ3) is 2.27. The molecule has 0 bridgehead atoms. The van der Waals surface area contributed by atoms with Gasteiger partial charge in [0, 0.05) is 11.5 Å². The van der Waals surface area contributed by atoms with E-state index in [1.54, 1.807) is 0 Å². The minimum Gasteiger partial charge on any atom is -0.490 e. The standard InChI is InChI=1S/C13H13BrN2O/c1-2-8-5-9-6-13(14)16-15-11(9)7-12(8)17-10-3-4-10/h5-7,10H,2-4H2,1H3. The van der Waals surface area contributed by atoms with Crippen LogP contribution in [-0.4, -0.2) is 16.3 Å². The van der Waals surface area contributed by atoms with Crippen LogP contribution in [0.4, 0.5) is 0 Å². The Morgan fingerprint density at radius 3 is 2.82 bits per heavy atom. The van der Waals surface area contributed by atoms with E-state index in [0.717, 1.165) is 27.7 Å². The molecule has 0 spiro atoms. The highest BCUT2D eigenvalue weighted by Gasteiger charge is 2.24. The summed E-state index contributed by atoms with van der Waals surface area (Å²) in [6, 6.07) is 6.14. The molecule has 0 atom stereocenters. The van der Waals surface area contributed by atoms with Gasteiger partial charge in [0.2, 0.25) is 0 Å². The van der Waals surface area contributed by atoms with E-state index in [1.807, 2.05) is 12.1 Å². The van der Waals surface area contributed by atoms with E-state index in [1.165, 1.54) is 18.4 Å². The van der Waals surface area contributed by atoms with Gasteiger partial charge >= 0.3 is 0 Å². The molecule has 17 heavy (non-hydrogen) atoms. The van der Waals surface area contributed by atoms with Crippen molar-refractivity contribution in [2.45, 2.75) is 32.3 Å². The smallest absolute Gasteiger partial charge is 0.129 e. The van der Waals surface area contributed by atoms with Gasteiger partial charge in [-0.2, -0.15) is 0 Å². The fraction of sp³-hybridized carbons (Fsp3) is 0.385. The first kappa shape index (κ1) is 11.0. The molecule has 0 N–H and O–H groups in total. The average molecular weight is 293 g/mol. The van der Waals surface area contributed by atoms with Crippen molar-refractivity contribution in [3.8, 4) is 5.75 Å². The van der Waals surface area contributed by atoms with Crippen molar-refractivity contribution in [3.63, 3.8) is 0 Å².